The molecule has 1 aliphatic rings. The molecule has 0 fully saturated rings. The van der Waals surface area contributed by atoms with E-state index in [2.05, 4.69) is 15.3 Å². The van der Waals surface area contributed by atoms with Gasteiger partial charge in [-0.15, -0.1) is 0 Å². The number of amides is 1. The van der Waals surface area contributed by atoms with Crippen molar-refractivity contribution >= 4 is 17.5 Å². The summed E-state index contributed by atoms with van der Waals surface area (Å²) in [5, 5.41) is 2.95. The van der Waals surface area contributed by atoms with Crippen molar-refractivity contribution in [3.05, 3.63) is 54.2 Å². The van der Waals surface area contributed by atoms with Gasteiger partial charge in [-0.2, -0.15) is 0 Å². The Kier molecular flexibility index (Phi) is 5.38. The zero-order chi connectivity index (χ0) is 21.1. The van der Waals surface area contributed by atoms with Gasteiger partial charge in [0.1, 0.15) is 23.9 Å². The van der Waals surface area contributed by atoms with E-state index in [4.69, 9.17) is 19.9 Å². The lowest BCUT2D eigenvalue weighted by atomic mass is 9.95. The highest BCUT2D eigenvalue weighted by Crippen LogP contribution is 2.33. The molecule has 1 atom stereocenters. The van der Waals surface area contributed by atoms with Gasteiger partial charge in [-0.1, -0.05) is 6.07 Å². The maximum atomic E-state index is 12.9. The first-order valence-corrected chi connectivity index (χ1v) is 9.45. The molecule has 0 aliphatic carbocycles. The van der Waals surface area contributed by atoms with Gasteiger partial charge in [0, 0.05) is 11.8 Å². The van der Waals surface area contributed by atoms with Crippen molar-refractivity contribution < 1.29 is 19.0 Å². The largest absolute Gasteiger partial charge is 0.497 e. The van der Waals surface area contributed by atoms with E-state index in [1.807, 2.05) is 24.3 Å². The second-order valence-electron chi connectivity index (χ2n) is 6.89. The molecule has 2 aromatic carbocycles. The van der Waals surface area contributed by atoms with Crippen LogP contribution >= 0.6 is 0 Å². The van der Waals surface area contributed by atoms with Crippen molar-refractivity contribution in [2.24, 2.45) is 5.92 Å². The van der Waals surface area contributed by atoms with Crippen LogP contribution in [0.25, 0.3) is 11.3 Å². The molecule has 30 heavy (non-hydrogen) atoms. The van der Waals surface area contributed by atoms with Crippen molar-refractivity contribution in [3.8, 4) is 28.5 Å². The first-order chi connectivity index (χ1) is 14.6. The highest BCUT2D eigenvalue weighted by molar-refractivity contribution is 5.95. The minimum absolute atomic E-state index is 0.138. The molecule has 154 valence electrons. The van der Waals surface area contributed by atoms with Crippen molar-refractivity contribution in [3.63, 3.8) is 0 Å². The Morgan fingerprint density at radius 1 is 1.17 bits per heavy atom. The van der Waals surface area contributed by atoms with E-state index in [0.29, 0.717) is 30.2 Å². The van der Waals surface area contributed by atoms with Gasteiger partial charge in [-0.25, -0.2) is 9.97 Å². The van der Waals surface area contributed by atoms with Crippen LogP contribution in [0.5, 0.6) is 17.2 Å². The van der Waals surface area contributed by atoms with Gasteiger partial charge < -0.3 is 25.3 Å². The van der Waals surface area contributed by atoms with Gasteiger partial charge in [-0.05, 0) is 48.4 Å². The average molecular weight is 406 g/mol. The van der Waals surface area contributed by atoms with Crippen LogP contribution in [0.15, 0.2) is 48.7 Å². The number of ether oxygens (including phenoxy) is 3. The Morgan fingerprint density at radius 2 is 2.03 bits per heavy atom. The van der Waals surface area contributed by atoms with Crippen molar-refractivity contribution in [1.29, 1.82) is 0 Å². The van der Waals surface area contributed by atoms with Crippen LogP contribution in [0.4, 0.5) is 11.6 Å². The molecule has 1 aliphatic heterocycles. The second kappa shape index (κ2) is 8.28. The van der Waals surface area contributed by atoms with Crippen LogP contribution in [0, 0.1) is 5.92 Å². The number of carbonyl (C=O) groups is 1. The number of benzene rings is 2. The van der Waals surface area contributed by atoms with Crippen LogP contribution in [0.3, 0.4) is 0 Å². The fraction of sp³-hybridized carbons (Fsp3) is 0.227. The lowest BCUT2D eigenvalue weighted by Gasteiger charge is -2.25. The predicted molar refractivity (Wildman–Crippen MR) is 113 cm³/mol. The van der Waals surface area contributed by atoms with Gasteiger partial charge in [0.2, 0.25) is 11.9 Å². The monoisotopic (exact) mass is 406 g/mol. The van der Waals surface area contributed by atoms with E-state index in [1.54, 1.807) is 38.6 Å². The number of nitrogens with two attached hydrogens (primary N) is 1. The summed E-state index contributed by atoms with van der Waals surface area (Å²) < 4.78 is 16.5. The normalized spacial score (nSPS) is 14.9. The standard InChI is InChI=1S/C22H22N4O4/c1-28-16-4-6-19-14(10-16)9-15(12-30-19)21(27)25-18-5-3-13(11-20(18)29-2)17-7-8-24-22(23)26-17/h3-8,10-11,15H,9,12H2,1-2H3,(H,25,27)(H2,23,24,26). The third kappa shape index (κ3) is 3.98. The number of fused-ring (bicyclic) bond motifs is 1. The maximum Gasteiger partial charge on any atom is 0.231 e. The Bertz CT molecular complexity index is 1090. The molecule has 0 saturated carbocycles. The molecule has 1 amide bonds. The van der Waals surface area contributed by atoms with E-state index >= 15 is 0 Å². The molecule has 0 spiro atoms. The molecule has 0 saturated heterocycles. The molecule has 3 N–H and O–H groups in total. The van der Waals surface area contributed by atoms with Gasteiger partial charge in [0.15, 0.2) is 0 Å². The Morgan fingerprint density at radius 3 is 2.80 bits per heavy atom. The zero-order valence-corrected chi connectivity index (χ0v) is 16.7. The summed E-state index contributed by atoms with van der Waals surface area (Å²) in [7, 11) is 3.16. The van der Waals surface area contributed by atoms with Gasteiger partial charge in [0.05, 0.1) is 31.5 Å². The Balaban J connectivity index is 1.51. The van der Waals surface area contributed by atoms with Crippen LogP contribution in [-0.4, -0.2) is 36.7 Å². The van der Waals surface area contributed by atoms with Crippen LogP contribution in [-0.2, 0) is 11.2 Å². The molecule has 0 bridgehead atoms. The molecule has 1 aromatic heterocycles. The van der Waals surface area contributed by atoms with Crippen molar-refractivity contribution in [2.75, 3.05) is 31.9 Å². The highest BCUT2D eigenvalue weighted by Gasteiger charge is 2.27. The smallest absolute Gasteiger partial charge is 0.231 e. The Labute approximate surface area is 174 Å². The zero-order valence-electron chi connectivity index (χ0n) is 16.7. The predicted octanol–water partition coefficient (Wildman–Crippen LogP) is 2.93. The van der Waals surface area contributed by atoms with E-state index in [-0.39, 0.29) is 17.8 Å². The molecule has 3 aromatic rings. The fourth-order valence-corrected chi connectivity index (χ4v) is 3.39. The second-order valence-corrected chi connectivity index (χ2v) is 6.89. The fourth-order valence-electron chi connectivity index (χ4n) is 3.39. The Hall–Kier alpha value is -3.81. The maximum absolute atomic E-state index is 12.9. The van der Waals surface area contributed by atoms with Crippen molar-refractivity contribution in [2.45, 2.75) is 6.42 Å². The number of aromatic nitrogens is 2. The summed E-state index contributed by atoms with van der Waals surface area (Å²) in [5.74, 6) is 1.78. The molecule has 1 unspecified atom stereocenters. The van der Waals surface area contributed by atoms with E-state index in [0.717, 1.165) is 22.6 Å². The average Bonchev–Trinajstić information content (AvgIpc) is 2.78. The molecular formula is C22H22N4O4. The molecular weight excluding hydrogens is 384 g/mol. The number of nitrogen functional groups attached to an aromatic ring is 1. The highest BCUT2D eigenvalue weighted by atomic mass is 16.5. The summed E-state index contributed by atoms with van der Waals surface area (Å²) >= 11 is 0. The number of anilines is 2. The SMILES string of the molecule is COc1ccc2c(c1)CC(C(=O)Nc1ccc(-c3ccnc(N)n3)cc1OC)CO2. The number of carbonyl (C=O) groups excluding carboxylic acids is 1. The van der Waals surface area contributed by atoms with Gasteiger partial charge >= 0.3 is 0 Å². The third-order valence-electron chi connectivity index (χ3n) is 4.97. The van der Waals surface area contributed by atoms with Crippen LogP contribution in [0.1, 0.15) is 5.56 Å². The quantitative estimate of drug-likeness (QED) is 0.670. The molecule has 2 heterocycles. The molecule has 8 nitrogen and oxygen atoms in total. The lowest BCUT2D eigenvalue weighted by Crippen LogP contribution is -2.32. The topological polar surface area (TPSA) is 109 Å². The van der Waals surface area contributed by atoms with Gasteiger partial charge in [-0.3, -0.25) is 4.79 Å². The number of rotatable bonds is 5. The number of hydrogen-bond acceptors (Lipinski definition) is 7. The third-order valence-corrected chi connectivity index (χ3v) is 4.97. The summed E-state index contributed by atoms with van der Waals surface area (Å²) in [6.07, 6.45) is 2.16. The number of hydrogen-bond donors (Lipinski definition) is 2. The summed E-state index contributed by atoms with van der Waals surface area (Å²) in [6.45, 7) is 0.311. The summed E-state index contributed by atoms with van der Waals surface area (Å²) in [6, 6.07) is 12.8. The van der Waals surface area contributed by atoms with E-state index in [9.17, 15) is 4.79 Å². The molecule has 0 radical (unpaired) electrons. The number of nitrogens with one attached hydrogen (secondary N) is 1. The lowest BCUT2D eigenvalue weighted by molar-refractivity contribution is -0.121. The summed E-state index contributed by atoms with van der Waals surface area (Å²) in [4.78, 5) is 21.0. The summed E-state index contributed by atoms with van der Waals surface area (Å²) in [5.41, 5.74) is 8.67. The van der Waals surface area contributed by atoms with E-state index in [1.165, 1.54) is 0 Å². The first-order valence-electron chi connectivity index (χ1n) is 9.45. The molecule has 4 rings (SSSR count). The molecule has 8 heteroatoms. The number of nitrogens with zero attached hydrogens (tertiary/aromatic N) is 2. The van der Waals surface area contributed by atoms with Crippen LogP contribution < -0.4 is 25.3 Å². The van der Waals surface area contributed by atoms with Crippen LogP contribution in [0.2, 0.25) is 0 Å². The number of methoxy groups -OCH3 is 2. The minimum atomic E-state index is -0.323. The van der Waals surface area contributed by atoms with Gasteiger partial charge in [0.25, 0.3) is 0 Å². The first kappa shape index (κ1) is 19.5. The van der Waals surface area contributed by atoms with Crippen molar-refractivity contribution in [1.82, 2.24) is 9.97 Å². The van der Waals surface area contributed by atoms with E-state index < -0.39 is 0 Å². The minimum Gasteiger partial charge on any atom is -0.497 e.